The third kappa shape index (κ3) is 4.09. The highest BCUT2D eigenvalue weighted by atomic mass is 16.5. The molecule has 0 atom stereocenters. The summed E-state index contributed by atoms with van der Waals surface area (Å²) in [4.78, 5) is 39.9. The number of pyridine rings is 1. The highest BCUT2D eigenvalue weighted by Gasteiger charge is 2.14. The van der Waals surface area contributed by atoms with Gasteiger partial charge in [0.25, 0.3) is 11.8 Å². The van der Waals surface area contributed by atoms with Gasteiger partial charge in [-0.3, -0.25) is 25.1 Å². The molecule has 0 bridgehead atoms. The first-order valence-electron chi connectivity index (χ1n) is 8.06. The summed E-state index contributed by atoms with van der Waals surface area (Å²) in [6.07, 6.45) is 1.36. The second-order valence-electron chi connectivity index (χ2n) is 5.75. The van der Waals surface area contributed by atoms with E-state index in [2.05, 4.69) is 20.9 Å². The van der Waals surface area contributed by atoms with Crippen LogP contribution in [0.1, 0.15) is 26.4 Å². The van der Waals surface area contributed by atoms with Crippen LogP contribution in [0.4, 0.5) is 0 Å². The molecule has 3 rings (SSSR count). The number of nitrogens with one attached hydrogen (secondary N) is 2. The molecule has 3 aromatic rings. The Hall–Kier alpha value is -3.75. The first-order chi connectivity index (χ1) is 13.0. The van der Waals surface area contributed by atoms with Gasteiger partial charge in [0.15, 0.2) is 12.3 Å². The molecule has 0 aliphatic rings. The topological polar surface area (TPSA) is 115 Å². The molecule has 2 aromatic heterocycles. The minimum absolute atomic E-state index is 0.208. The Morgan fingerprint density at radius 3 is 2.59 bits per heavy atom. The van der Waals surface area contributed by atoms with E-state index in [1.165, 1.54) is 6.20 Å². The summed E-state index contributed by atoms with van der Waals surface area (Å²) in [6.45, 7) is 1.26. The molecule has 0 radical (unpaired) electrons. The summed E-state index contributed by atoms with van der Waals surface area (Å²) in [7, 11) is 1.76. The van der Waals surface area contributed by atoms with Crippen molar-refractivity contribution >= 4 is 28.8 Å². The van der Waals surface area contributed by atoms with Crippen molar-refractivity contribution in [2.75, 3.05) is 6.61 Å². The van der Waals surface area contributed by atoms with Gasteiger partial charge in [0, 0.05) is 24.2 Å². The predicted octanol–water partition coefficient (Wildman–Crippen LogP) is 0.895. The highest BCUT2D eigenvalue weighted by Crippen LogP contribution is 2.16. The normalized spacial score (nSPS) is 10.4. The Labute approximate surface area is 154 Å². The molecule has 9 nitrogen and oxygen atoms in total. The van der Waals surface area contributed by atoms with E-state index in [-0.39, 0.29) is 5.56 Å². The van der Waals surface area contributed by atoms with E-state index >= 15 is 0 Å². The maximum Gasteiger partial charge on any atom is 0.340 e. The van der Waals surface area contributed by atoms with Gasteiger partial charge in [-0.15, -0.1) is 0 Å². The van der Waals surface area contributed by atoms with Crippen molar-refractivity contribution in [2.24, 2.45) is 7.05 Å². The molecule has 2 heterocycles. The van der Waals surface area contributed by atoms with Gasteiger partial charge in [0.1, 0.15) is 0 Å². The second kappa shape index (κ2) is 7.65. The SMILES string of the molecule is Cc1nn(C)c2ncc(C(=O)OCC(=O)NNC(=O)c3ccccc3)cc12. The van der Waals surface area contributed by atoms with E-state index in [1.807, 2.05) is 6.92 Å². The molecule has 0 saturated carbocycles. The summed E-state index contributed by atoms with van der Waals surface area (Å²) in [6, 6.07) is 9.99. The lowest BCUT2D eigenvalue weighted by Crippen LogP contribution is -2.43. The number of ether oxygens (including phenoxy) is 1. The van der Waals surface area contributed by atoms with Crippen LogP contribution in [0.5, 0.6) is 0 Å². The Bertz CT molecular complexity index is 1010. The van der Waals surface area contributed by atoms with Crippen molar-refractivity contribution in [3.63, 3.8) is 0 Å². The van der Waals surface area contributed by atoms with Crippen molar-refractivity contribution in [1.82, 2.24) is 25.6 Å². The van der Waals surface area contributed by atoms with Crippen LogP contribution in [0, 0.1) is 6.92 Å². The number of rotatable bonds is 4. The zero-order valence-corrected chi connectivity index (χ0v) is 14.7. The van der Waals surface area contributed by atoms with Crippen LogP contribution < -0.4 is 10.9 Å². The average molecular weight is 367 g/mol. The van der Waals surface area contributed by atoms with E-state index in [4.69, 9.17) is 4.74 Å². The zero-order chi connectivity index (χ0) is 19.4. The molecule has 0 aliphatic carbocycles. The van der Waals surface area contributed by atoms with Gasteiger partial charge in [0.2, 0.25) is 0 Å². The molecule has 0 spiro atoms. The number of nitrogens with zero attached hydrogens (tertiary/aromatic N) is 3. The van der Waals surface area contributed by atoms with Gasteiger partial charge >= 0.3 is 5.97 Å². The quantitative estimate of drug-likeness (QED) is 0.523. The minimum atomic E-state index is -0.697. The number of carbonyl (C=O) groups is 3. The predicted molar refractivity (Wildman–Crippen MR) is 95.6 cm³/mol. The van der Waals surface area contributed by atoms with Gasteiger partial charge in [-0.05, 0) is 25.1 Å². The molecule has 1 aromatic carbocycles. The number of esters is 1. The third-order valence-electron chi connectivity index (χ3n) is 3.78. The maximum atomic E-state index is 12.1. The summed E-state index contributed by atoms with van der Waals surface area (Å²) < 4.78 is 6.57. The maximum absolute atomic E-state index is 12.1. The highest BCUT2D eigenvalue weighted by molar-refractivity contribution is 5.96. The Balaban J connectivity index is 1.53. The number of aryl methyl sites for hydroxylation is 2. The molecule has 27 heavy (non-hydrogen) atoms. The van der Waals surface area contributed by atoms with Gasteiger partial charge in [-0.1, -0.05) is 18.2 Å². The van der Waals surface area contributed by atoms with E-state index < -0.39 is 24.4 Å². The van der Waals surface area contributed by atoms with Crippen LogP contribution in [0.2, 0.25) is 0 Å². The molecule has 2 N–H and O–H groups in total. The Morgan fingerprint density at radius 1 is 1.11 bits per heavy atom. The van der Waals surface area contributed by atoms with E-state index in [1.54, 1.807) is 48.1 Å². The summed E-state index contributed by atoms with van der Waals surface area (Å²) in [5.41, 5.74) is 6.40. The van der Waals surface area contributed by atoms with Crippen molar-refractivity contribution in [2.45, 2.75) is 6.92 Å². The summed E-state index contributed by atoms with van der Waals surface area (Å²) in [5.74, 6) is -1.84. The van der Waals surface area contributed by atoms with Crippen LogP contribution in [0.3, 0.4) is 0 Å². The van der Waals surface area contributed by atoms with Crippen LogP contribution in [-0.4, -0.2) is 39.2 Å². The monoisotopic (exact) mass is 367 g/mol. The summed E-state index contributed by atoms with van der Waals surface area (Å²) >= 11 is 0. The lowest BCUT2D eigenvalue weighted by Gasteiger charge is -2.08. The molecule has 0 saturated heterocycles. The number of hydrazine groups is 1. The van der Waals surface area contributed by atoms with Crippen molar-refractivity contribution in [1.29, 1.82) is 0 Å². The number of aromatic nitrogens is 3. The molecule has 0 fully saturated rings. The van der Waals surface area contributed by atoms with Gasteiger partial charge in [-0.2, -0.15) is 5.10 Å². The van der Waals surface area contributed by atoms with E-state index in [0.29, 0.717) is 11.2 Å². The standard InChI is InChI=1S/C18H17N5O4/c1-11-14-8-13(9-19-16(14)23(2)22-11)18(26)27-10-15(24)20-21-17(25)12-6-4-3-5-7-12/h3-9H,10H2,1-2H3,(H,20,24)(H,21,25). The van der Waals surface area contributed by atoms with Crippen LogP contribution in [-0.2, 0) is 16.6 Å². The van der Waals surface area contributed by atoms with Gasteiger partial charge in [0.05, 0.1) is 11.3 Å². The first kappa shape index (κ1) is 18.1. The Morgan fingerprint density at radius 2 is 1.85 bits per heavy atom. The smallest absolute Gasteiger partial charge is 0.340 e. The van der Waals surface area contributed by atoms with Crippen molar-refractivity contribution < 1.29 is 19.1 Å². The molecule has 138 valence electrons. The second-order valence-corrected chi connectivity index (χ2v) is 5.75. The fraction of sp³-hybridized carbons (Fsp3) is 0.167. The van der Waals surface area contributed by atoms with E-state index in [0.717, 1.165) is 11.1 Å². The molecular formula is C18H17N5O4. The van der Waals surface area contributed by atoms with Gasteiger partial charge < -0.3 is 4.74 Å². The minimum Gasteiger partial charge on any atom is -0.452 e. The average Bonchev–Trinajstić information content (AvgIpc) is 2.98. The molecular weight excluding hydrogens is 350 g/mol. The van der Waals surface area contributed by atoms with Crippen molar-refractivity contribution in [3.8, 4) is 0 Å². The lowest BCUT2D eigenvalue weighted by atomic mass is 10.2. The fourth-order valence-electron chi connectivity index (χ4n) is 2.46. The number of benzene rings is 1. The van der Waals surface area contributed by atoms with Crippen molar-refractivity contribution in [3.05, 3.63) is 59.4 Å². The van der Waals surface area contributed by atoms with Crippen LogP contribution in [0.25, 0.3) is 11.0 Å². The number of carbonyl (C=O) groups excluding carboxylic acids is 3. The number of fused-ring (bicyclic) bond motifs is 1. The zero-order valence-electron chi connectivity index (χ0n) is 14.7. The number of amides is 2. The summed E-state index contributed by atoms with van der Waals surface area (Å²) in [5, 5.41) is 4.96. The van der Waals surface area contributed by atoms with Crippen LogP contribution >= 0.6 is 0 Å². The lowest BCUT2D eigenvalue weighted by molar-refractivity contribution is -0.125. The largest absolute Gasteiger partial charge is 0.452 e. The molecule has 9 heteroatoms. The fourth-order valence-corrected chi connectivity index (χ4v) is 2.46. The molecule has 0 aliphatic heterocycles. The number of hydrogen-bond donors (Lipinski definition) is 2. The van der Waals surface area contributed by atoms with E-state index in [9.17, 15) is 14.4 Å². The molecule has 2 amide bonds. The number of hydrogen-bond acceptors (Lipinski definition) is 6. The third-order valence-corrected chi connectivity index (χ3v) is 3.78. The first-order valence-corrected chi connectivity index (χ1v) is 8.06. The van der Waals surface area contributed by atoms with Crippen LogP contribution in [0.15, 0.2) is 42.6 Å². The molecule has 0 unspecified atom stereocenters. The van der Waals surface area contributed by atoms with Gasteiger partial charge in [-0.25, -0.2) is 9.78 Å². The Kier molecular flexibility index (Phi) is 5.11.